The van der Waals surface area contributed by atoms with Crippen LogP contribution in [0.15, 0.2) is 41.3 Å². The van der Waals surface area contributed by atoms with E-state index in [-0.39, 0.29) is 0 Å². The molecule has 3 rings (SSSR count). The lowest BCUT2D eigenvalue weighted by Gasteiger charge is -2.23. The Hall–Kier alpha value is -1.13. The van der Waals surface area contributed by atoms with Crippen LogP contribution in [0.1, 0.15) is 24.5 Å². The summed E-state index contributed by atoms with van der Waals surface area (Å²) >= 11 is 3.52. The standard InChI is InChI=1S/C14H16BrN3/c15-12-2-1-3-13(8-12)18-10-17-9-14(18)11-4-6-16-7-5-11/h1-3,8-11,16H,4-7H2. The van der Waals surface area contributed by atoms with Gasteiger partial charge in [0.15, 0.2) is 0 Å². The van der Waals surface area contributed by atoms with Crippen LogP contribution in [0.4, 0.5) is 0 Å². The minimum Gasteiger partial charge on any atom is -0.317 e. The van der Waals surface area contributed by atoms with Gasteiger partial charge in [-0.15, -0.1) is 0 Å². The number of hydrogen-bond donors (Lipinski definition) is 1. The van der Waals surface area contributed by atoms with E-state index in [1.54, 1.807) is 0 Å². The zero-order chi connectivity index (χ0) is 12.4. The monoisotopic (exact) mass is 305 g/mol. The first-order valence-corrected chi connectivity index (χ1v) is 7.13. The van der Waals surface area contributed by atoms with E-state index >= 15 is 0 Å². The van der Waals surface area contributed by atoms with Crippen molar-refractivity contribution in [1.29, 1.82) is 0 Å². The third-order valence-electron chi connectivity index (χ3n) is 3.51. The topological polar surface area (TPSA) is 29.9 Å². The van der Waals surface area contributed by atoms with Gasteiger partial charge in [-0.25, -0.2) is 4.98 Å². The quantitative estimate of drug-likeness (QED) is 0.924. The van der Waals surface area contributed by atoms with E-state index in [4.69, 9.17) is 0 Å². The molecule has 1 aromatic carbocycles. The maximum atomic E-state index is 4.33. The summed E-state index contributed by atoms with van der Waals surface area (Å²) in [6, 6.07) is 8.36. The molecule has 0 spiro atoms. The van der Waals surface area contributed by atoms with Gasteiger partial charge in [-0.3, -0.25) is 0 Å². The Morgan fingerprint density at radius 1 is 1.28 bits per heavy atom. The fraction of sp³-hybridized carbons (Fsp3) is 0.357. The van der Waals surface area contributed by atoms with Crippen LogP contribution in [0.25, 0.3) is 5.69 Å². The summed E-state index contributed by atoms with van der Waals surface area (Å²) in [6.07, 6.45) is 6.31. The maximum absolute atomic E-state index is 4.33. The second-order valence-corrected chi connectivity index (χ2v) is 5.61. The predicted octanol–water partition coefficient (Wildman–Crippen LogP) is 3.10. The Balaban J connectivity index is 1.95. The molecule has 0 atom stereocenters. The summed E-state index contributed by atoms with van der Waals surface area (Å²) < 4.78 is 3.31. The molecule has 1 N–H and O–H groups in total. The number of piperidine rings is 1. The van der Waals surface area contributed by atoms with Gasteiger partial charge in [0.25, 0.3) is 0 Å². The van der Waals surface area contributed by atoms with Crippen molar-refractivity contribution in [1.82, 2.24) is 14.9 Å². The summed E-state index contributed by atoms with van der Waals surface area (Å²) in [5, 5.41) is 3.41. The third-order valence-corrected chi connectivity index (χ3v) is 4.00. The molecule has 0 saturated carbocycles. The van der Waals surface area contributed by atoms with Crippen molar-refractivity contribution in [3.05, 3.63) is 47.0 Å². The van der Waals surface area contributed by atoms with E-state index < -0.39 is 0 Å². The normalized spacial score (nSPS) is 16.9. The number of nitrogens with one attached hydrogen (secondary N) is 1. The lowest BCUT2D eigenvalue weighted by Crippen LogP contribution is -2.27. The second-order valence-electron chi connectivity index (χ2n) is 4.69. The number of benzene rings is 1. The SMILES string of the molecule is Brc1cccc(-n2cncc2C2CCNCC2)c1. The van der Waals surface area contributed by atoms with Gasteiger partial charge >= 0.3 is 0 Å². The van der Waals surface area contributed by atoms with Gasteiger partial charge in [0, 0.05) is 28.0 Å². The summed E-state index contributed by atoms with van der Waals surface area (Å²) in [7, 11) is 0. The summed E-state index contributed by atoms with van der Waals surface area (Å²) in [6.45, 7) is 2.21. The third kappa shape index (κ3) is 2.35. The highest BCUT2D eigenvalue weighted by molar-refractivity contribution is 9.10. The minimum atomic E-state index is 0.618. The van der Waals surface area contributed by atoms with Gasteiger partial charge in [0.2, 0.25) is 0 Å². The van der Waals surface area contributed by atoms with E-state index in [0.29, 0.717) is 5.92 Å². The van der Waals surface area contributed by atoms with Crippen molar-refractivity contribution < 1.29 is 0 Å². The zero-order valence-electron chi connectivity index (χ0n) is 10.1. The first-order chi connectivity index (χ1) is 8.84. The average molecular weight is 306 g/mol. The first-order valence-electron chi connectivity index (χ1n) is 6.33. The van der Waals surface area contributed by atoms with E-state index in [1.165, 1.54) is 24.2 Å². The Bertz CT molecular complexity index is 529. The van der Waals surface area contributed by atoms with Gasteiger partial charge < -0.3 is 9.88 Å². The molecule has 2 heterocycles. The predicted molar refractivity (Wildman–Crippen MR) is 76.1 cm³/mol. The van der Waals surface area contributed by atoms with Crippen molar-refractivity contribution in [2.24, 2.45) is 0 Å². The van der Waals surface area contributed by atoms with E-state index in [9.17, 15) is 0 Å². The highest BCUT2D eigenvalue weighted by Gasteiger charge is 2.19. The molecule has 18 heavy (non-hydrogen) atoms. The van der Waals surface area contributed by atoms with Crippen LogP contribution in [0, 0.1) is 0 Å². The largest absolute Gasteiger partial charge is 0.317 e. The molecule has 1 aliphatic rings. The van der Waals surface area contributed by atoms with Gasteiger partial charge in [0.1, 0.15) is 0 Å². The van der Waals surface area contributed by atoms with Crippen LogP contribution < -0.4 is 5.32 Å². The molecule has 3 nitrogen and oxygen atoms in total. The van der Waals surface area contributed by atoms with E-state index in [2.05, 4.69) is 49.0 Å². The Labute approximate surface area is 115 Å². The second kappa shape index (κ2) is 5.24. The lowest BCUT2D eigenvalue weighted by molar-refractivity contribution is 0.449. The molecule has 0 amide bonds. The Morgan fingerprint density at radius 3 is 2.89 bits per heavy atom. The number of halogens is 1. The van der Waals surface area contributed by atoms with Crippen LogP contribution in [-0.4, -0.2) is 22.6 Å². The Morgan fingerprint density at radius 2 is 2.11 bits per heavy atom. The molecule has 0 unspecified atom stereocenters. The van der Waals surface area contributed by atoms with Crippen LogP contribution in [0.2, 0.25) is 0 Å². The molecule has 0 radical (unpaired) electrons. The van der Waals surface area contributed by atoms with Gasteiger partial charge in [-0.1, -0.05) is 22.0 Å². The number of imidazole rings is 1. The van der Waals surface area contributed by atoms with Crippen LogP contribution >= 0.6 is 15.9 Å². The van der Waals surface area contributed by atoms with Gasteiger partial charge in [0.05, 0.1) is 6.33 Å². The first kappa shape index (κ1) is 11.9. The zero-order valence-corrected chi connectivity index (χ0v) is 11.7. The smallest absolute Gasteiger partial charge is 0.0994 e. The van der Waals surface area contributed by atoms with Crippen molar-refractivity contribution in [3.63, 3.8) is 0 Å². The minimum absolute atomic E-state index is 0.618. The van der Waals surface area contributed by atoms with Crippen molar-refractivity contribution >= 4 is 15.9 Å². The summed E-state index contributed by atoms with van der Waals surface area (Å²) in [4.78, 5) is 4.33. The number of rotatable bonds is 2. The molecule has 1 aromatic heterocycles. The average Bonchev–Trinajstić information content (AvgIpc) is 2.89. The fourth-order valence-corrected chi connectivity index (χ4v) is 2.95. The number of aromatic nitrogens is 2. The lowest BCUT2D eigenvalue weighted by atomic mass is 9.95. The highest BCUT2D eigenvalue weighted by Crippen LogP contribution is 2.27. The van der Waals surface area contributed by atoms with Crippen LogP contribution in [0.5, 0.6) is 0 Å². The summed E-state index contributed by atoms with van der Waals surface area (Å²) in [5.74, 6) is 0.618. The van der Waals surface area contributed by atoms with E-state index in [1.807, 2.05) is 18.6 Å². The molecule has 2 aromatic rings. The highest BCUT2D eigenvalue weighted by atomic mass is 79.9. The molecule has 1 fully saturated rings. The number of hydrogen-bond acceptors (Lipinski definition) is 2. The molecular weight excluding hydrogens is 290 g/mol. The molecule has 0 bridgehead atoms. The molecular formula is C14H16BrN3. The van der Waals surface area contributed by atoms with Crippen molar-refractivity contribution in [3.8, 4) is 5.69 Å². The molecule has 0 aliphatic carbocycles. The molecule has 1 aliphatic heterocycles. The molecule has 1 saturated heterocycles. The van der Waals surface area contributed by atoms with Crippen LogP contribution in [0.3, 0.4) is 0 Å². The Kier molecular flexibility index (Phi) is 3.48. The fourth-order valence-electron chi connectivity index (χ4n) is 2.57. The van der Waals surface area contributed by atoms with Crippen molar-refractivity contribution in [2.75, 3.05) is 13.1 Å². The van der Waals surface area contributed by atoms with E-state index in [0.717, 1.165) is 17.6 Å². The summed E-state index contributed by atoms with van der Waals surface area (Å²) in [5.41, 5.74) is 2.50. The van der Waals surface area contributed by atoms with Crippen LogP contribution in [-0.2, 0) is 0 Å². The number of nitrogens with zero attached hydrogens (tertiary/aromatic N) is 2. The molecule has 94 valence electrons. The van der Waals surface area contributed by atoms with Gasteiger partial charge in [-0.05, 0) is 44.1 Å². The van der Waals surface area contributed by atoms with Gasteiger partial charge in [-0.2, -0.15) is 0 Å². The van der Waals surface area contributed by atoms with Crippen molar-refractivity contribution in [2.45, 2.75) is 18.8 Å². The maximum Gasteiger partial charge on any atom is 0.0994 e. The molecule has 4 heteroatoms.